The van der Waals surface area contributed by atoms with Crippen molar-refractivity contribution in [1.82, 2.24) is 4.90 Å². The molecule has 0 spiro atoms. The molecule has 2 aliphatic rings. The molecule has 4 rings (SSSR count). The highest BCUT2D eigenvalue weighted by Gasteiger charge is 2.49. The third-order valence-electron chi connectivity index (χ3n) is 6.67. The number of hydrogen-bond acceptors (Lipinski definition) is 4. The van der Waals surface area contributed by atoms with Gasteiger partial charge < -0.3 is 14.6 Å². The summed E-state index contributed by atoms with van der Waals surface area (Å²) >= 11 is 0. The summed E-state index contributed by atoms with van der Waals surface area (Å²) in [5.74, 6) is -1.08. The van der Waals surface area contributed by atoms with E-state index in [4.69, 9.17) is 9.47 Å². The number of ether oxygens (including phenoxy) is 2. The van der Waals surface area contributed by atoms with E-state index in [1.165, 1.54) is 11.9 Å². The van der Waals surface area contributed by atoms with Gasteiger partial charge in [0.1, 0.15) is 12.1 Å². The lowest BCUT2D eigenvalue weighted by atomic mass is 9.79. The Morgan fingerprint density at radius 2 is 1.70 bits per heavy atom. The predicted molar refractivity (Wildman–Crippen MR) is 112 cm³/mol. The Kier molecular flexibility index (Phi) is 5.52. The monoisotopic (exact) mass is 409 g/mol. The zero-order valence-electron chi connectivity index (χ0n) is 17.3. The highest BCUT2D eigenvalue weighted by atomic mass is 16.6. The lowest BCUT2D eigenvalue weighted by molar-refractivity contribution is -0.155. The molecular weight excluding hydrogens is 382 g/mol. The molecule has 0 heterocycles. The van der Waals surface area contributed by atoms with E-state index in [1.807, 2.05) is 24.3 Å². The largest absolute Gasteiger partial charge is 0.479 e. The van der Waals surface area contributed by atoms with E-state index in [-0.39, 0.29) is 25.0 Å². The van der Waals surface area contributed by atoms with Gasteiger partial charge in [-0.25, -0.2) is 9.59 Å². The van der Waals surface area contributed by atoms with Crippen LogP contribution in [0.4, 0.5) is 4.79 Å². The van der Waals surface area contributed by atoms with Crippen molar-refractivity contribution in [3.05, 3.63) is 59.7 Å². The molecule has 1 saturated carbocycles. The quantitative estimate of drug-likeness (QED) is 0.798. The Morgan fingerprint density at radius 1 is 1.10 bits per heavy atom. The van der Waals surface area contributed by atoms with Crippen molar-refractivity contribution in [2.24, 2.45) is 0 Å². The molecule has 2 aromatic rings. The lowest BCUT2D eigenvalue weighted by Crippen LogP contribution is -2.58. The van der Waals surface area contributed by atoms with E-state index in [0.29, 0.717) is 12.8 Å². The first-order chi connectivity index (χ1) is 14.5. The minimum atomic E-state index is -1.30. The van der Waals surface area contributed by atoms with Crippen LogP contribution < -0.4 is 0 Å². The van der Waals surface area contributed by atoms with Crippen molar-refractivity contribution in [2.75, 3.05) is 20.8 Å². The van der Waals surface area contributed by atoms with Crippen LogP contribution in [0.5, 0.6) is 0 Å². The van der Waals surface area contributed by atoms with Crippen molar-refractivity contribution >= 4 is 12.1 Å². The minimum Gasteiger partial charge on any atom is -0.479 e. The second-order valence-electron chi connectivity index (χ2n) is 8.15. The van der Waals surface area contributed by atoms with Gasteiger partial charge >= 0.3 is 12.1 Å². The molecule has 2 atom stereocenters. The molecule has 2 unspecified atom stereocenters. The fraction of sp³-hybridized carbons (Fsp3) is 0.417. The maximum atomic E-state index is 12.9. The summed E-state index contributed by atoms with van der Waals surface area (Å²) in [6.07, 6.45) is 1.34. The van der Waals surface area contributed by atoms with E-state index in [9.17, 15) is 14.7 Å². The lowest BCUT2D eigenvalue weighted by Gasteiger charge is -2.42. The van der Waals surface area contributed by atoms with Gasteiger partial charge in [-0.2, -0.15) is 0 Å². The van der Waals surface area contributed by atoms with E-state index in [0.717, 1.165) is 28.7 Å². The molecule has 0 bridgehead atoms. The van der Waals surface area contributed by atoms with Crippen molar-refractivity contribution in [3.8, 4) is 11.1 Å². The fourth-order valence-corrected chi connectivity index (χ4v) is 4.91. The smallest absolute Gasteiger partial charge is 0.410 e. The van der Waals surface area contributed by atoms with Crippen LogP contribution in [0.15, 0.2) is 48.5 Å². The van der Waals surface area contributed by atoms with Gasteiger partial charge in [-0.15, -0.1) is 0 Å². The van der Waals surface area contributed by atoms with Crippen molar-refractivity contribution in [1.29, 1.82) is 0 Å². The number of likely N-dealkylation sites (N-methyl/N-ethyl adjacent to an activating group) is 1. The second-order valence-corrected chi connectivity index (χ2v) is 8.15. The Labute approximate surface area is 176 Å². The number of carbonyl (C=O) groups is 2. The van der Waals surface area contributed by atoms with Crippen molar-refractivity contribution < 1.29 is 24.2 Å². The number of nitrogens with zero attached hydrogens (tertiary/aromatic N) is 1. The fourth-order valence-electron chi connectivity index (χ4n) is 4.91. The molecule has 0 radical (unpaired) electrons. The number of methoxy groups -OCH3 is 1. The molecule has 2 aromatic carbocycles. The highest BCUT2D eigenvalue weighted by Crippen LogP contribution is 2.44. The summed E-state index contributed by atoms with van der Waals surface area (Å²) in [5.41, 5.74) is 3.25. The molecule has 0 saturated heterocycles. The molecule has 2 aliphatic carbocycles. The SMILES string of the molecule is COC1CCCC(C(=O)O)(N(C)C(=O)OCC2c3ccccc3-c3ccccc32)C1. The molecule has 30 heavy (non-hydrogen) atoms. The first-order valence-corrected chi connectivity index (χ1v) is 10.3. The third kappa shape index (κ3) is 3.35. The van der Waals surface area contributed by atoms with Crippen LogP contribution in [0.2, 0.25) is 0 Å². The van der Waals surface area contributed by atoms with Crippen LogP contribution in [-0.2, 0) is 14.3 Å². The van der Waals surface area contributed by atoms with Crippen LogP contribution in [0, 0.1) is 0 Å². The summed E-state index contributed by atoms with van der Waals surface area (Å²) in [7, 11) is 3.10. The van der Waals surface area contributed by atoms with Gasteiger partial charge in [0.25, 0.3) is 0 Å². The molecular formula is C24H27NO5. The maximum Gasteiger partial charge on any atom is 0.410 e. The van der Waals surface area contributed by atoms with E-state index in [1.54, 1.807) is 7.11 Å². The topological polar surface area (TPSA) is 76.1 Å². The van der Waals surface area contributed by atoms with Gasteiger partial charge in [0.05, 0.1) is 6.10 Å². The molecule has 0 aliphatic heterocycles. The molecule has 6 heteroatoms. The molecule has 1 N–H and O–H groups in total. The average Bonchev–Trinajstić information content (AvgIpc) is 3.10. The normalized spacial score (nSPS) is 22.8. The van der Waals surface area contributed by atoms with Gasteiger partial charge in [-0.05, 0) is 41.5 Å². The second kappa shape index (κ2) is 8.11. The number of carboxylic acid groups (broad SMARTS) is 1. The van der Waals surface area contributed by atoms with Crippen LogP contribution in [0.1, 0.15) is 42.7 Å². The number of carboxylic acids is 1. The first-order valence-electron chi connectivity index (χ1n) is 10.3. The summed E-state index contributed by atoms with van der Waals surface area (Å²) < 4.78 is 11.1. The number of benzene rings is 2. The van der Waals surface area contributed by atoms with E-state index in [2.05, 4.69) is 24.3 Å². The Balaban J connectivity index is 1.52. The summed E-state index contributed by atoms with van der Waals surface area (Å²) in [6.45, 7) is 0.167. The Morgan fingerprint density at radius 3 is 2.27 bits per heavy atom. The zero-order valence-corrected chi connectivity index (χ0v) is 17.3. The van der Waals surface area contributed by atoms with Crippen LogP contribution >= 0.6 is 0 Å². The van der Waals surface area contributed by atoms with Gasteiger partial charge in [0.15, 0.2) is 0 Å². The zero-order chi connectivity index (χ0) is 21.3. The standard InChI is InChI=1S/C24H27NO5/c1-25(24(22(26)27)13-7-8-16(14-24)29-2)23(28)30-15-21-19-11-5-3-9-17(19)18-10-4-6-12-20(18)21/h3-6,9-12,16,21H,7-8,13-15H2,1-2H3,(H,26,27). The van der Waals surface area contributed by atoms with Gasteiger partial charge in [-0.1, -0.05) is 48.5 Å². The predicted octanol–water partition coefficient (Wildman–Crippen LogP) is 4.28. The molecule has 6 nitrogen and oxygen atoms in total. The number of hydrogen-bond donors (Lipinski definition) is 1. The molecule has 0 aromatic heterocycles. The summed E-state index contributed by atoms with van der Waals surface area (Å²) in [4.78, 5) is 26.4. The highest BCUT2D eigenvalue weighted by molar-refractivity contribution is 5.85. The number of amides is 1. The van der Waals surface area contributed by atoms with E-state index < -0.39 is 17.6 Å². The maximum absolute atomic E-state index is 12.9. The molecule has 1 amide bonds. The van der Waals surface area contributed by atoms with Gasteiger partial charge in [0.2, 0.25) is 0 Å². The van der Waals surface area contributed by atoms with Crippen LogP contribution in [-0.4, -0.2) is 54.5 Å². The molecule has 158 valence electrons. The summed E-state index contributed by atoms with van der Waals surface area (Å²) in [5, 5.41) is 9.96. The van der Waals surface area contributed by atoms with Crippen molar-refractivity contribution in [3.63, 3.8) is 0 Å². The van der Waals surface area contributed by atoms with Crippen molar-refractivity contribution in [2.45, 2.75) is 43.2 Å². The third-order valence-corrected chi connectivity index (χ3v) is 6.67. The number of carbonyl (C=O) groups excluding carboxylic acids is 1. The van der Waals surface area contributed by atoms with Gasteiger partial charge in [0, 0.05) is 26.5 Å². The van der Waals surface area contributed by atoms with Gasteiger partial charge in [-0.3, -0.25) is 4.90 Å². The van der Waals surface area contributed by atoms with Crippen LogP contribution in [0.3, 0.4) is 0 Å². The Hall–Kier alpha value is -2.86. The minimum absolute atomic E-state index is 0.0615. The number of aliphatic carboxylic acids is 1. The summed E-state index contributed by atoms with van der Waals surface area (Å²) in [6, 6.07) is 16.2. The Bertz CT molecular complexity index is 913. The number of fused-ring (bicyclic) bond motifs is 3. The van der Waals surface area contributed by atoms with Crippen LogP contribution in [0.25, 0.3) is 11.1 Å². The van der Waals surface area contributed by atoms with E-state index >= 15 is 0 Å². The first kappa shape index (κ1) is 20.4. The molecule has 1 fully saturated rings. The number of rotatable bonds is 5. The average molecular weight is 409 g/mol.